The second-order valence-corrected chi connectivity index (χ2v) is 7.62. The van der Waals surface area contributed by atoms with Crippen LogP contribution in [0, 0.1) is 23.7 Å². The normalized spacial score (nSPS) is 19.9. The molecule has 7 heteroatoms. The highest BCUT2D eigenvalue weighted by atomic mass is 19.3. The van der Waals surface area contributed by atoms with Gasteiger partial charge in [0.25, 0.3) is 12.3 Å². The minimum absolute atomic E-state index is 0.157. The number of halogens is 2. The topological polar surface area (TPSA) is 66.4 Å². The van der Waals surface area contributed by atoms with Gasteiger partial charge in [-0.2, -0.15) is 0 Å². The van der Waals surface area contributed by atoms with E-state index in [9.17, 15) is 23.5 Å². The number of nitrogens with one attached hydrogen (secondary N) is 1. The van der Waals surface area contributed by atoms with Crippen LogP contribution >= 0.6 is 0 Å². The zero-order chi connectivity index (χ0) is 21.1. The molecule has 0 aromatic heterocycles. The molecule has 0 bridgehead atoms. The molecule has 2 N–H and O–H groups in total. The van der Waals surface area contributed by atoms with Gasteiger partial charge in [0, 0.05) is 11.1 Å². The first-order valence-electron chi connectivity index (χ1n) is 8.71. The van der Waals surface area contributed by atoms with Gasteiger partial charge < -0.3 is 14.9 Å². The molecule has 0 spiro atoms. The number of amides is 1. The number of alkyl halides is 2. The predicted octanol–water partition coefficient (Wildman–Crippen LogP) is 1.20. The van der Waals surface area contributed by atoms with E-state index in [0.717, 1.165) is 24.9 Å². The quantitative estimate of drug-likeness (QED) is 0.452. The van der Waals surface area contributed by atoms with Crippen LogP contribution in [-0.4, -0.2) is 66.0 Å². The first-order valence-corrected chi connectivity index (χ1v) is 8.71. The van der Waals surface area contributed by atoms with Crippen LogP contribution in [0.4, 0.5) is 8.78 Å². The van der Waals surface area contributed by atoms with Gasteiger partial charge in [0.15, 0.2) is 5.78 Å². The Hall–Kier alpha value is -2.74. The number of rotatable bonds is 5. The fourth-order valence-electron chi connectivity index (χ4n) is 2.55. The van der Waals surface area contributed by atoms with Gasteiger partial charge in [-0.25, -0.2) is 8.78 Å². The molecule has 1 aromatic rings. The molecule has 1 saturated heterocycles. The highest BCUT2D eigenvalue weighted by Crippen LogP contribution is 2.22. The van der Waals surface area contributed by atoms with Crippen LogP contribution < -0.4 is 5.32 Å². The molecule has 1 aliphatic rings. The number of carbonyl (C=O) groups excluding carboxylic acids is 2. The van der Waals surface area contributed by atoms with Crippen molar-refractivity contribution in [1.82, 2.24) is 5.32 Å². The number of likely N-dealkylation sites (N-methyl/N-ethyl adjacent to an activating group) is 1. The summed E-state index contributed by atoms with van der Waals surface area (Å²) in [6.07, 6.45) is -3.19. The van der Waals surface area contributed by atoms with Crippen molar-refractivity contribution in [1.29, 1.82) is 0 Å². The Morgan fingerprint density at radius 3 is 2.29 bits per heavy atom. The smallest absolute Gasteiger partial charge is 0.269 e. The van der Waals surface area contributed by atoms with E-state index in [1.54, 1.807) is 12.1 Å². The summed E-state index contributed by atoms with van der Waals surface area (Å²) >= 11 is 0. The molecule has 0 radical (unpaired) electrons. The SMILES string of the molecule is CC(=O)[C@@H](NC(=O)c1ccc(C#CC#CC2C[N+]2(C)C)cc1)[C@](C)(O)C(F)F. The van der Waals surface area contributed by atoms with Gasteiger partial charge in [0.1, 0.15) is 18.2 Å². The van der Waals surface area contributed by atoms with Crippen molar-refractivity contribution in [2.75, 3.05) is 20.6 Å². The number of hydrogen-bond acceptors (Lipinski definition) is 3. The number of nitrogens with zero attached hydrogens (tertiary/aromatic N) is 1. The third kappa shape index (κ3) is 5.16. The molecule has 1 aromatic carbocycles. The van der Waals surface area contributed by atoms with E-state index < -0.39 is 29.8 Å². The molecule has 148 valence electrons. The van der Waals surface area contributed by atoms with E-state index in [1.807, 2.05) is 0 Å². The monoisotopic (exact) mass is 389 g/mol. The molecule has 1 aliphatic heterocycles. The molecule has 2 rings (SSSR count). The Bertz CT molecular complexity index is 884. The van der Waals surface area contributed by atoms with Gasteiger partial charge >= 0.3 is 0 Å². The van der Waals surface area contributed by atoms with Crippen molar-refractivity contribution in [3.05, 3.63) is 35.4 Å². The van der Waals surface area contributed by atoms with Crippen molar-refractivity contribution >= 4 is 11.7 Å². The number of Topliss-reactive ketones (excluding diaryl/α,β-unsaturated/α-hetero) is 1. The standard InChI is InChI=1S/C21H22F2N2O3/c1-14(26)18(21(2,28)20(22)23)24-19(27)16-11-9-15(10-12-16)7-5-6-8-17-13-25(17,3)4/h9-12,17-18,20,28H,13H2,1-4H3/p+1/t17?,18-,21+/m1/s1. The van der Waals surface area contributed by atoms with Crippen LogP contribution in [0.1, 0.15) is 29.8 Å². The summed E-state index contributed by atoms with van der Waals surface area (Å²) < 4.78 is 26.9. The lowest BCUT2D eigenvalue weighted by Crippen LogP contribution is -2.58. The van der Waals surface area contributed by atoms with Crippen LogP contribution in [0.25, 0.3) is 0 Å². The van der Waals surface area contributed by atoms with Crippen LogP contribution in [0.5, 0.6) is 0 Å². The summed E-state index contributed by atoms with van der Waals surface area (Å²) in [5.41, 5.74) is -1.87. The fourth-order valence-corrected chi connectivity index (χ4v) is 2.55. The lowest BCUT2D eigenvalue weighted by atomic mass is 9.93. The molecule has 5 nitrogen and oxygen atoms in total. The van der Waals surface area contributed by atoms with Crippen molar-refractivity contribution < 1.29 is 28.0 Å². The van der Waals surface area contributed by atoms with Crippen LogP contribution in [0.15, 0.2) is 24.3 Å². The van der Waals surface area contributed by atoms with Crippen LogP contribution in [0.3, 0.4) is 0 Å². The number of ketones is 1. The Morgan fingerprint density at radius 1 is 1.25 bits per heavy atom. The van der Waals surface area contributed by atoms with E-state index >= 15 is 0 Å². The van der Waals surface area contributed by atoms with Gasteiger partial charge in [-0.05, 0) is 55.9 Å². The molecule has 3 atom stereocenters. The second-order valence-electron chi connectivity index (χ2n) is 7.62. The van der Waals surface area contributed by atoms with Crippen molar-refractivity contribution in [2.45, 2.75) is 38.0 Å². The van der Waals surface area contributed by atoms with Gasteiger partial charge in [0.05, 0.1) is 14.1 Å². The second kappa shape index (κ2) is 8.10. The highest BCUT2D eigenvalue weighted by molar-refractivity contribution is 5.98. The maximum atomic E-state index is 13.0. The third-order valence-corrected chi connectivity index (χ3v) is 4.72. The Kier molecular flexibility index (Phi) is 6.23. The molecular formula is C21H23F2N2O3+. The lowest BCUT2D eigenvalue weighted by Gasteiger charge is -2.30. The highest BCUT2D eigenvalue weighted by Gasteiger charge is 2.46. The largest absolute Gasteiger partial charge is 0.382 e. The van der Waals surface area contributed by atoms with E-state index in [4.69, 9.17) is 0 Å². The minimum Gasteiger partial charge on any atom is -0.382 e. The maximum absolute atomic E-state index is 13.0. The van der Waals surface area contributed by atoms with Crippen molar-refractivity contribution in [3.63, 3.8) is 0 Å². The fraction of sp³-hybridized carbons (Fsp3) is 0.429. The molecular weight excluding hydrogens is 366 g/mol. The predicted molar refractivity (Wildman–Crippen MR) is 100 cm³/mol. The summed E-state index contributed by atoms with van der Waals surface area (Å²) in [6.45, 7) is 2.85. The third-order valence-electron chi connectivity index (χ3n) is 4.72. The number of carbonyl (C=O) groups is 2. The van der Waals surface area contributed by atoms with Gasteiger partial charge in [-0.1, -0.05) is 5.92 Å². The lowest BCUT2D eigenvalue weighted by molar-refractivity contribution is -0.763. The first kappa shape index (κ1) is 21.6. The number of hydrogen-bond donors (Lipinski definition) is 2. The Balaban J connectivity index is 2.04. The summed E-state index contributed by atoms with van der Waals surface area (Å²) in [6, 6.07) is 4.70. The zero-order valence-corrected chi connectivity index (χ0v) is 16.2. The number of aliphatic hydroxyl groups is 1. The molecule has 1 fully saturated rings. The van der Waals surface area contributed by atoms with Crippen LogP contribution in [-0.2, 0) is 4.79 Å². The minimum atomic E-state index is -3.19. The zero-order valence-electron chi connectivity index (χ0n) is 16.2. The average molecular weight is 389 g/mol. The molecule has 0 saturated carbocycles. The molecule has 1 unspecified atom stereocenters. The van der Waals surface area contributed by atoms with Gasteiger partial charge in [-0.3, -0.25) is 9.59 Å². The molecule has 1 amide bonds. The molecule has 1 heterocycles. The van der Waals surface area contributed by atoms with Gasteiger partial charge in [0.2, 0.25) is 6.04 Å². The molecule has 28 heavy (non-hydrogen) atoms. The van der Waals surface area contributed by atoms with Crippen molar-refractivity contribution in [3.8, 4) is 23.7 Å². The Labute approximate surface area is 163 Å². The van der Waals surface area contributed by atoms with E-state index in [1.165, 1.54) is 12.1 Å². The summed E-state index contributed by atoms with van der Waals surface area (Å²) in [5, 5.41) is 12.0. The Morgan fingerprint density at radius 2 is 1.82 bits per heavy atom. The first-order chi connectivity index (χ1) is 12.9. The molecule has 0 aliphatic carbocycles. The summed E-state index contributed by atoms with van der Waals surface area (Å²) in [7, 11) is 4.18. The number of benzene rings is 1. The average Bonchev–Trinajstić information content (AvgIpc) is 3.23. The van der Waals surface area contributed by atoms with Crippen molar-refractivity contribution in [2.24, 2.45) is 0 Å². The summed E-state index contributed by atoms with van der Waals surface area (Å²) in [4.78, 5) is 23.9. The van der Waals surface area contributed by atoms with E-state index in [2.05, 4.69) is 43.1 Å². The van der Waals surface area contributed by atoms with Crippen LogP contribution in [0.2, 0.25) is 0 Å². The summed E-state index contributed by atoms with van der Waals surface area (Å²) in [5.74, 6) is 9.99. The maximum Gasteiger partial charge on any atom is 0.269 e. The van der Waals surface area contributed by atoms with E-state index in [0.29, 0.717) is 11.6 Å². The van der Waals surface area contributed by atoms with Gasteiger partial charge in [-0.15, -0.1) is 0 Å². The van der Waals surface area contributed by atoms with E-state index in [-0.39, 0.29) is 5.56 Å². The number of quaternary nitrogens is 1.